The van der Waals surface area contributed by atoms with Gasteiger partial charge in [0, 0.05) is 11.1 Å². The quantitative estimate of drug-likeness (QED) is 0.856. The van der Waals surface area contributed by atoms with E-state index in [1.165, 1.54) is 7.11 Å². The number of methoxy groups -OCH3 is 1. The van der Waals surface area contributed by atoms with Crippen molar-refractivity contribution in [1.29, 1.82) is 0 Å². The van der Waals surface area contributed by atoms with Crippen molar-refractivity contribution in [2.24, 2.45) is 0 Å². The molecule has 2 aromatic rings. The van der Waals surface area contributed by atoms with Crippen molar-refractivity contribution in [2.45, 2.75) is 39.2 Å². The van der Waals surface area contributed by atoms with Crippen LogP contribution in [0.5, 0.6) is 11.5 Å². The molecule has 0 saturated carbocycles. The molecule has 0 unspecified atom stereocenters. The highest BCUT2D eigenvalue weighted by Gasteiger charge is 2.31. The Kier molecular flexibility index (Phi) is 2.97. The van der Waals surface area contributed by atoms with Gasteiger partial charge in [0.05, 0.1) is 30.2 Å². The Bertz CT molecular complexity index is 791. The van der Waals surface area contributed by atoms with Crippen LogP contribution in [0.15, 0.2) is 9.59 Å². The lowest BCUT2D eigenvalue weighted by Crippen LogP contribution is -2.34. The zero-order chi connectivity index (χ0) is 15.4. The summed E-state index contributed by atoms with van der Waals surface area (Å²) in [5.41, 5.74) is 0.565. The summed E-state index contributed by atoms with van der Waals surface area (Å²) in [6.45, 7) is 6.68. The molecule has 0 saturated heterocycles. The zero-order valence-corrected chi connectivity index (χ0v) is 12.8. The fourth-order valence-corrected chi connectivity index (χ4v) is 2.88. The molecule has 5 nitrogen and oxygen atoms in total. The number of hydrogen-bond acceptors (Lipinski definition) is 5. The molecule has 0 aliphatic carbocycles. The molecule has 0 spiro atoms. The van der Waals surface area contributed by atoms with E-state index in [1.807, 2.05) is 20.8 Å². The Morgan fingerprint density at radius 2 is 1.81 bits per heavy atom. The molecule has 1 heterocycles. The SMILES string of the molecule is COc1c(NC(C)(C)C)c2c(c3c(=O)c(=O)c13)OCCC2. The first-order valence-electron chi connectivity index (χ1n) is 7.12. The highest BCUT2D eigenvalue weighted by Crippen LogP contribution is 2.45. The van der Waals surface area contributed by atoms with Crippen molar-refractivity contribution in [2.75, 3.05) is 19.0 Å². The molecule has 112 valence electrons. The molecular weight excluding hydrogens is 270 g/mol. The Morgan fingerprint density at radius 3 is 2.43 bits per heavy atom. The normalized spacial score (nSPS) is 14.9. The van der Waals surface area contributed by atoms with Gasteiger partial charge in [0.25, 0.3) is 0 Å². The molecule has 2 aromatic carbocycles. The summed E-state index contributed by atoms with van der Waals surface area (Å²) in [4.78, 5) is 23.8. The fraction of sp³-hybridized carbons (Fsp3) is 0.500. The minimum atomic E-state index is -0.490. The second-order valence-corrected chi connectivity index (χ2v) is 6.45. The van der Waals surface area contributed by atoms with Crippen molar-refractivity contribution in [3.05, 3.63) is 26.0 Å². The van der Waals surface area contributed by atoms with Crippen LogP contribution in [-0.2, 0) is 6.42 Å². The van der Waals surface area contributed by atoms with E-state index in [4.69, 9.17) is 9.47 Å². The summed E-state index contributed by atoms with van der Waals surface area (Å²) in [7, 11) is 1.52. The van der Waals surface area contributed by atoms with E-state index in [0.717, 1.165) is 24.1 Å². The van der Waals surface area contributed by atoms with E-state index in [0.29, 0.717) is 28.9 Å². The molecule has 5 heteroatoms. The van der Waals surface area contributed by atoms with Gasteiger partial charge >= 0.3 is 0 Å². The van der Waals surface area contributed by atoms with Crippen LogP contribution in [0.4, 0.5) is 5.69 Å². The minimum Gasteiger partial charge on any atom is -0.494 e. The number of rotatable bonds is 2. The van der Waals surface area contributed by atoms with Gasteiger partial charge in [-0.25, -0.2) is 0 Å². The largest absolute Gasteiger partial charge is 0.494 e. The van der Waals surface area contributed by atoms with E-state index in [1.54, 1.807) is 0 Å². The molecule has 3 rings (SSSR count). The van der Waals surface area contributed by atoms with Crippen molar-refractivity contribution in [3.8, 4) is 11.5 Å². The molecule has 0 radical (unpaired) electrons. The van der Waals surface area contributed by atoms with Crippen molar-refractivity contribution < 1.29 is 9.47 Å². The van der Waals surface area contributed by atoms with Crippen LogP contribution in [0, 0.1) is 0 Å². The summed E-state index contributed by atoms with van der Waals surface area (Å²) in [6.07, 6.45) is 1.69. The van der Waals surface area contributed by atoms with Gasteiger partial charge in [-0.3, -0.25) is 9.59 Å². The molecule has 1 aliphatic heterocycles. The fourth-order valence-electron chi connectivity index (χ4n) is 2.88. The molecule has 0 bridgehead atoms. The third-order valence-electron chi connectivity index (χ3n) is 3.69. The number of nitrogens with one attached hydrogen (secondary N) is 1. The van der Waals surface area contributed by atoms with Gasteiger partial charge < -0.3 is 14.8 Å². The highest BCUT2D eigenvalue weighted by molar-refractivity contribution is 6.03. The number of hydrogen-bond donors (Lipinski definition) is 1. The van der Waals surface area contributed by atoms with Crippen LogP contribution in [0.25, 0.3) is 10.8 Å². The average Bonchev–Trinajstić information content (AvgIpc) is 2.44. The summed E-state index contributed by atoms with van der Waals surface area (Å²) in [5.74, 6) is 1.03. The molecule has 0 atom stereocenters. The van der Waals surface area contributed by atoms with Crippen molar-refractivity contribution >= 4 is 16.5 Å². The predicted octanol–water partition coefficient (Wildman–Crippen LogP) is 1.98. The minimum absolute atomic E-state index is 0.191. The molecule has 0 fully saturated rings. The highest BCUT2D eigenvalue weighted by atomic mass is 16.5. The average molecular weight is 289 g/mol. The third kappa shape index (κ3) is 1.99. The first kappa shape index (κ1) is 13.9. The maximum absolute atomic E-state index is 11.9. The maximum atomic E-state index is 11.9. The van der Waals surface area contributed by atoms with Gasteiger partial charge in [0.1, 0.15) is 5.75 Å². The lowest BCUT2D eigenvalue weighted by atomic mass is 9.92. The van der Waals surface area contributed by atoms with E-state index in [9.17, 15) is 9.59 Å². The first-order chi connectivity index (χ1) is 9.85. The van der Waals surface area contributed by atoms with E-state index in [2.05, 4.69) is 5.32 Å². The second-order valence-electron chi connectivity index (χ2n) is 6.45. The number of ether oxygens (including phenoxy) is 2. The monoisotopic (exact) mass is 289 g/mol. The van der Waals surface area contributed by atoms with Gasteiger partial charge in [0.2, 0.25) is 10.9 Å². The van der Waals surface area contributed by atoms with Crippen LogP contribution in [0.1, 0.15) is 32.8 Å². The Balaban J connectivity index is 2.37. The lowest BCUT2D eigenvalue weighted by molar-refractivity contribution is 0.291. The van der Waals surface area contributed by atoms with Gasteiger partial charge in [-0.15, -0.1) is 0 Å². The predicted molar refractivity (Wildman–Crippen MR) is 82.6 cm³/mol. The van der Waals surface area contributed by atoms with Gasteiger partial charge in [0.15, 0.2) is 5.75 Å². The third-order valence-corrected chi connectivity index (χ3v) is 3.69. The van der Waals surface area contributed by atoms with E-state index >= 15 is 0 Å². The summed E-state index contributed by atoms with van der Waals surface area (Å²) >= 11 is 0. The first-order valence-corrected chi connectivity index (χ1v) is 7.12. The zero-order valence-electron chi connectivity index (χ0n) is 12.8. The molecular formula is C16H19NO4. The van der Waals surface area contributed by atoms with Crippen LogP contribution in [0.3, 0.4) is 0 Å². The topological polar surface area (TPSA) is 64.6 Å². The summed E-state index contributed by atoms with van der Waals surface area (Å²) in [5, 5.41) is 4.15. The summed E-state index contributed by atoms with van der Waals surface area (Å²) in [6, 6.07) is 0. The second kappa shape index (κ2) is 4.48. The smallest absolute Gasteiger partial charge is 0.238 e. The van der Waals surface area contributed by atoms with Crippen molar-refractivity contribution in [3.63, 3.8) is 0 Å². The van der Waals surface area contributed by atoms with Crippen LogP contribution < -0.4 is 25.6 Å². The molecule has 0 amide bonds. The Hall–Kier alpha value is -2.04. The number of fused-ring (bicyclic) bond motifs is 3. The molecule has 1 aliphatic rings. The molecule has 21 heavy (non-hydrogen) atoms. The molecule has 0 aromatic heterocycles. The lowest BCUT2D eigenvalue weighted by Gasteiger charge is -2.30. The van der Waals surface area contributed by atoms with Gasteiger partial charge in [-0.05, 0) is 33.6 Å². The summed E-state index contributed by atoms with van der Waals surface area (Å²) < 4.78 is 11.1. The Labute approximate surface area is 122 Å². The van der Waals surface area contributed by atoms with Crippen LogP contribution >= 0.6 is 0 Å². The number of anilines is 1. The molecule has 1 N–H and O–H groups in total. The van der Waals surface area contributed by atoms with E-state index < -0.39 is 10.9 Å². The van der Waals surface area contributed by atoms with E-state index in [-0.39, 0.29) is 5.54 Å². The van der Waals surface area contributed by atoms with Crippen molar-refractivity contribution in [1.82, 2.24) is 0 Å². The Morgan fingerprint density at radius 1 is 1.14 bits per heavy atom. The van der Waals surface area contributed by atoms with Gasteiger partial charge in [-0.2, -0.15) is 0 Å². The number of benzene rings is 1. The van der Waals surface area contributed by atoms with Gasteiger partial charge in [-0.1, -0.05) is 0 Å². The standard InChI is InChI=1S/C16H19NO4/c1-16(2,3)17-11-8-6-5-7-21-14(8)9-10(15(11)20-4)13(19)12(9)18/h17H,5-7H2,1-4H3. The maximum Gasteiger partial charge on any atom is 0.238 e. The van der Waals surface area contributed by atoms with Crippen LogP contribution in [0.2, 0.25) is 0 Å². The van der Waals surface area contributed by atoms with Crippen LogP contribution in [-0.4, -0.2) is 19.3 Å².